The maximum Gasteiger partial charge on any atom is 0.268 e. The summed E-state index contributed by atoms with van der Waals surface area (Å²) in [6, 6.07) is 18.9. The monoisotopic (exact) mass is 374 g/mol. The number of allylic oxidation sites excluding steroid dienone is 2. The van der Waals surface area contributed by atoms with Crippen LogP contribution >= 0.6 is 0 Å². The molecule has 4 nitrogen and oxygen atoms in total. The van der Waals surface area contributed by atoms with E-state index in [9.17, 15) is 9.59 Å². The molecule has 0 aliphatic heterocycles. The van der Waals surface area contributed by atoms with Crippen LogP contribution in [-0.4, -0.2) is 17.9 Å². The fraction of sp³-hybridized carbons (Fsp3) is 0.250. The largest absolute Gasteiger partial charge is 0.348 e. The van der Waals surface area contributed by atoms with Crippen LogP contribution in [0.1, 0.15) is 48.0 Å². The fourth-order valence-electron chi connectivity index (χ4n) is 3.29. The van der Waals surface area contributed by atoms with E-state index in [0.29, 0.717) is 5.56 Å². The molecule has 2 aromatic rings. The van der Waals surface area contributed by atoms with Gasteiger partial charge in [-0.3, -0.25) is 9.59 Å². The third-order valence-electron chi connectivity index (χ3n) is 4.82. The van der Waals surface area contributed by atoms with E-state index in [4.69, 9.17) is 0 Å². The van der Waals surface area contributed by atoms with Gasteiger partial charge in [0.25, 0.3) is 11.8 Å². The van der Waals surface area contributed by atoms with Crippen LogP contribution in [0.15, 0.2) is 78.5 Å². The van der Waals surface area contributed by atoms with Crippen molar-refractivity contribution in [2.75, 3.05) is 0 Å². The molecule has 3 rings (SSSR count). The molecule has 1 fully saturated rings. The van der Waals surface area contributed by atoms with Gasteiger partial charge in [0.05, 0.1) is 0 Å². The quantitative estimate of drug-likeness (QED) is 0.579. The first kappa shape index (κ1) is 19.6. The number of hydrogen-bond donors (Lipinski definition) is 2. The first-order chi connectivity index (χ1) is 13.7. The molecule has 0 atom stereocenters. The Bertz CT molecular complexity index is 835. The Hall–Kier alpha value is -3.14. The molecule has 0 unspecified atom stereocenters. The predicted octanol–water partition coefficient (Wildman–Crippen LogP) is 4.46. The minimum absolute atomic E-state index is 0.177. The van der Waals surface area contributed by atoms with Crippen LogP contribution in [0.25, 0.3) is 6.08 Å². The van der Waals surface area contributed by atoms with E-state index in [-0.39, 0.29) is 23.6 Å². The standard InChI is InChI=1S/C24H26N2O2/c27-23(20-14-6-2-7-15-20)26-22(18-10-13-19-11-4-1-5-12-19)24(28)25-21-16-8-3-9-17-21/h1-2,4-7,10-15,18,21H,3,8-9,16-17H2,(H,25,28)(H,26,27)/b13-10-,22-18-. The average Bonchev–Trinajstić information content (AvgIpc) is 2.75. The molecule has 2 N–H and O–H groups in total. The van der Waals surface area contributed by atoms with Crippen LogP contribution in [0.3, 0.4) is 0 Å². The topological polar surface area (TPSA) is 58.2 Å². The molecular weight excluding hydrogens is 348 g/mol. The van der Waals surface area contributed by atoms with E-state index in [0.717, 1.165) is 31.2 Å². The third-order valence-corrected chi connectivity index (χ3v) is 4.82. The molecule has 0 saturated heterocycles. The van der Waals surface area contributed by atoms with Crippen molar-refractivity contribution < 1.29 is 9.59 Å². The minimum Gasteiger partial charge on any atom is -0.348 e. The summed E-state index contributed by atoms with van der Waals surface area (Å²) in [7, 11) is 0. The van der Waals surface area contributed by atoms with Crippen molar-refractivity contribution >= 4 is 17.9 Å². The Morgan fingerprint density at radius 1 is 0.857 bits per heavy atom. The van der Waals surface area contributed by atoms with Crippen LogP contribution in [0, 0.1) is 0 Å². The number of carbonyl (C=O) groups excluding carboxylic acids is 2. The number of amides is 2. The highest BCUT2D eigenvalue weighted by Crippen LogP contribution is 2.17. The second kappa shape index (κ2) is 10.3. The Morgan fingerprint density at radius 3 is 2.18 bits per heavy atom. The maximum atomic E-state index is 12.8. The number of nitrogens with one attached hydrogen (secondary N) is 2. The summed E-state index contributed by atoms with van der Waals surface area (Å²) in [6.45, 7) is 0. The molecule has 0 radical (unpaired) electrons. The van der Waals surface area contributed by atoms with Crippen LogP contribution in [0.4, 0.5) is 0 Å². The van der Waals surface area contributed by atoms with E-state index in [1.54, 1.807) is 36.4 Å². The van der Waals surface area contributed by atoms with Crippen LogP contribution in [0.2, 0.25) is 0 Å². The SMILES string of the molecule is O=C(NC1CCCCC1)/C(=C/C=C\c1ccccc1)NC(=O)c1ccccc1. The molecule has 2 amide bonds. The van der Waals surface area contributed by atoms with Crippen molar-refractivity contribution in [2.45, 2.75) is 38.1 Å². The average molecular weight is 374 g/mol. The van der Waals surface area contributed by atoms with Crippen LogP contribution in [0.5, 0.6) is 0 Å². The Labute approximate surface area is 166 Å². The second-order valence-electron chi connectivity index (χ2n) is 6.98. The molecule has 1 aliphatic carbocycles. The van der Waals surface area contributed by atoms with Gasteiger partial charge in [-0.1, -0.05) is 79.9 Å². The number of hydrogen-bond acceptors (Lipinski definition) is 2. The van der Waals surface area contributed by atoms with Crippen molar-refractivity contribution in [1.82, 2.24) is 10.6 Å². The summed E-state index contributed by atoms with van der Waals surface area (Å²) >= 11 is 0. The molecular formula is C24H26N2O2. The van der Waals surface area contributed by atoms with E-state index in [1.165, 1.54) is 6.42 Å². The zero-order valence-corrected chi connectivity index (χ0v) is 15.9. The van der Waals surface area contributed by atoms with Gasteiger partial charge in [-0.15, -0.1) is 0 Å². The van der Waals surface area contributed by atoms with Gasteiger partial charge >= 0.3 is 0 Å². The number of rotatable bonds is 6. The van der Waals surface area contributed by atoms with E-state index in [2.05, 4.69) is 10.6 Å². The van der Waals surface area contributed by atoms with Gasteiger partial charge < -0.3 is 10.6 Å². The lowest BCUT2D eigenvalue weighted by Crippen LogP contribution is -2.41. The van der Waals surface area contributed by atoms with Crippen LogP contribution < -0.4 is 10.6 Å². The predicted molar refractivity (Wildman–Crippen MR) is 112 cm³/mol. The van der Waals surface area contributed by atoms with Crippen molar-refractivity contribution in [3.8, 4) is 0 Å². The second-order valence-corrected chi connectivity index (χ2v) is 6.98. The zero-order valence-electron chi connectivity index (χ0n) is 15.9. The van der Waals surface area contributed by atoms with Gasteiger partial charge in [-0.2, -0.15) is 0 Å². The first-order valence-electron chi connectivity index (χ1n) is 9.83. The van der Waals surface area contributed by atoms with Crippen LogP contribution in [-0.2, 0) is 4.79 Å². The van der Waals surface area contributed by atoms with E-state index in [1.807, 2.05) is 42.5 Å². The smallest absolute Gasteiger partial charge is 0.268 e. The lowest BCUT2D eigenvalue weighted by atomic mass is 9.95. The Morgan fingerprint density at radius 2 is 1.50 bits per heavy atom. The summed E-state index contributed by atoms with van der Waals surface area (Å²) in [6.07, 6.45) is 10.8. The third kappa shape index (κ3) is 5.95. The molecule has 0 heterocycles. The molecule has 2 aromatic carbocycles. The van der Waals surface area contributed by atoms with Gasteiger partial charge in [0.1, 0.15) is 5.70 Å². The highest BCUT2D eigenvalue weighted by molar-refractivity contribution is 6.03. The molecule has 4 heteroatoms. The van der Waals surface area contributed by atoms with Gasteiger partial charge in [-0.05, 0) is 36.6 Å². The van der Waals surface area contributed by atoms with E-state index < -0.39 is 0 Å². The van der Waals surface area contributed by atoms with Crippen molar-refractivity contribution in [3.63, 3.8) is 0 Å². The summed E-state index contributed by atoms with van der Waals surface area (Å²) in [5.41, 5.74) is 1.80. The molecule has 0 bridgehead atoms. The highest BCUT2D eigenvalue weighted by Gasteiger charge is 2.19. The molecule has 0 aromatic heterocycles. The molecule has 28 heavy (non-hydrogen) atoms. The van der Waals surface area contributed by atoms with Gasteiger partial charge in [0.2, 0.25) is 0 Å². The number of benzene rings is 2. The fourth-order valence-corrected chi connectivity index (χ4v) is 3.29. The Kier molecular flexibility index (Phi) is 7.19. The summed E-state index contributed by atoms with van der Waals surface area (Å²) in [5, 5.41) is 5.84. The van der Waals surface area contributed by atoms with Crippen molar-refractivity contribution in [2.24, 2.45) is 0 Å². The molecule has 0 spiro atoms. The minimum atomic E-state index is -0.293. The van der Waals surface area contributed by atoms with Gasteiger partial charge in [0.15, 0.2) is 0 Å². The summed E-state index contributed by atoms with van der Waals surface area (Å²) in [4.78, 5) is 25.3. The number of carbonyl (C=O) groups is 2. The Balaban J connectivity index is 1.74. The molecule has 144 valence electrons. The summed E-state index contributed by atoms with van der Waals surface area (Å²) < 4.78 is 0. The van der Waals surface area contributed by atoms with Crippen molar-refractivity contribution in [1.29, 1.82) is 0 Å². The molecule has 1 aliphatic rings. The van der Waals surface area contributed by atoms with Gasteiger partial charge in [-0.25, -0.2) is 0 Å². The summed E-state index contributed by atoms with van der Waals surface area (Å²) in [5.74, 6) is -0.535. The van der Waals surface area contributed by atoms with E-state index >= 15 is 0 Å². The zero-order chi connectivity index (χ0) is 19.6. The molecule has 1 saturated carbocycles. The lowest BCUT2D eigenvalue weighted by Gasteiger charge is -2.23. The maximum absolute atomic E-state index is 12.8. The normalized spacial score (nSPS) is 15.4. The lowest BCUT2D eigenvalue weighted by molar-refractivity contribution is -0.118. The first-order valence-corrected chi connectivity index (χ1v) is 9.83. The highest BCUT2D eigenvalue weighted by atomic mass is 16.2. The van der Waals surface area contributed by atoms with Gasteiger partial charge in [0, 0.05) is 11.6 Å². The van der Waals surface area contributed by atoms with Crippen molar-refractivity contribution in [3.05, 3.63) is 89.6 Å².